The lowest BCUT2D eigenvalue weighted by atomic mass is 9.57. The van der Waals surface area contributed by atoms with Crippen LogP contribution in [-0.2, 0) is 58.7 Å². The molecule has 10 saturated heterocycles. The van der Waals surface area contributed by atoms with E-state index in [1.165, 1.54) is 12.8 Å². The van der Waals surface area contributed by atoms with Crippen molar-refractivity contribution in [3.05, 3.63) is 35.9 Å². The molecule has 0 radical (unpaired) electrons. The number of hydrogen-bond donors (Lipinski definition) is 0. The summed E-state index contributed by atoms with van der Waals surface area (Å²) in [7, 11) is 0. The second kappa shape index (κ2) is 12.9. The van der Waals surface area contributed by atoms with Gasteiger partial charge < -0.3 is 33.2 Å². The maximum Gasteiger partial charge on any atom is 0.312 e. The molecule has 0 aromatic heterocycles. The Kier molecular flexibility index (Phi) is 8.63. The van der Waals surface area contributed by atoms with Gasteiger partial charge in [-0.2, -0.15) is 0 Å². The Hall–Kier alpha value is -1.22. The fraction of sp³-hybridized carbons (Fsp3) is 0.864. The fourth-order valence-electron chi connectivity index (χ4n) is 13.9. The van der Waals surface area contributed by atoms with Crippen molar-refractivity contribution in [2.75, 3.05) is 13.2 Å². The molecule has 11 nitrogen and oxygen atoms in total. The van der Waals surface area contributed by atoms with Crippen LogP contribution >= 0.6 is 0 Å². The molecule has 13 rings (SSSR count). The van der Waals surface area contributed by atoms with Crippen molar-refractivity contribution < 1.29 is 52.7 Å². The van der Waals surface area contributed by atoms with Gasteiger partial charge in [0.25, 0.3) is 0 Å². The van der Waals surface area contributed by atoms with Gasteiger partial charge >= 0.3 is 5.97 Å². The predicted octanol–water partition coefficient (Wildman–Crippen LogP) is 7.76. The second-order valence-electron chi connectivity index (χ2n) is 20.0. The summed E-state index contributed by atoms with van der Waals surface area (Å²) in [6.45, 7) is 14.5. The first kappa shape index (κ1) is 36.8. The number of benzene rings is 1. The summed E-state index contributed by atoms with van der Waals surface area (Å²) in [5.74, 6) is 0.0518. The average Bonchev–Trinajstić information content (AvgIpc) is 3.56. The highest BCUT2D eigenvalue weighted by atomic mass is 17.3. The Morgan fingerprint density at radius 3 is 1.55 bits per heavy atom. The van der Waals surface area contributed by atoms with Crippen molar-refractivity contribution in [1.29, 1.82) is 0 Å². The Bertz CT molecular complexity index is 1520. The lowest BCUT2D eigenvalue weighted by Crippen LogP contribution is -2.71. The van der Waals surface area contributed by atoms with E-state index >= 15 is 0 Å². The van der Waals surface area contributed by atoms with Crippen LogP contribution in [0.2, 0.25) is 0 Å². The molecule has 2 aliphatic carbocycles. The third kappa shape index (κ3) is 5.33. The smallest absolute Gasteiger partial charge is 0.312 e. The number of fused-ring (bicyclic) bond motifs is 6. The van der Waals surface area contributed by atoms with Crippen molar-refractivity contribution in [3.63, 3.8) is 0 Å². The van der Waals surface area contributed by atoms with E-state index in [2.05, 4.69) is 27.7 Å². The molecular formula is C44H62O11. The van der Waals surface area contributed by atoms with E-state index < -0.39 is 41.3 Å². The first-order valence-corrected chi connectivity index (χ1v) is 21.9. The number of rotatable bonds is 5. The molecular weight excluding hydrogens is 704 g/mol. The minimum Gasteiger partial charge on any atom is -0.346 e. The first-order chi connectivity index (χ1) is 26.5. The van der Waals surface area contributed by atoms with Crippen molar-refractivity contribution in [2.24, 2.45) is 59.2 Å². The van der Waals surface area contributed by atoms with E-state index in [-0.39, 0.29) is 53.8 Å². The predicted molar refractivity (Wildman–Crippen MR) is 195 cm³/mol. The van der Waals surface area contributed by atoms with Gasteiger partial charge in [-0.05, 0) is 101 Å². The van der Waals surface area contributed by atoms with Crippen molar-refractivity contribution in [1.82, 2.24) is 0 Å². The van der Waals surface area contributed by atoms with Crippen molar-refractivity contribution in [2.45, 2.75) is 165 Å². The van der Waals surface area contributed by atoms with Crippen LogP contribution in [0.15, 0.2) is 30.3 Å². The number of hydrogen-bond acceptors (Lipinski definition) is 11. The molecule has 0 N–H and O–H groups in total. The lowest BCUT2D eigenvalue weighted by Gasteiger charge is -2.61. The van der Waals surface area contributed by atoms with Gasteiger partial charge in [0.1, 0.15) is 0 Å². The van der Waals surface area contributed by atoms with Gasteiger partial charge in [0, 0.05) is 42.1 Å². The van der Waals surface area contributed by atoms with Crippen LogP contribution in [-0.4, -0.2) is 66.9 Å². The van der Waals surface area contributed by atoms with Gasteiger partial charge in [-0.1, -0.05) is 58.0 Å². The molecule has 2 spiro atoms. The van der Waals surface area contributed by atoms with E-state index in [4.69, 9.17) is 52.7 Å². The molecule has 55 heavy (non-hydrogen) atoms. The van der Waals surface area contributed by atoms with Crippen LogP contribution in [0.4, 0.5) is 0 Å². The molecule has 12 aliphatic rings. The Morgan fingerprint density at radius 1 is 0.564 bits per heavy atom. The normalized spacial score (nSPS) is 57.9. The molecule has 4 unspecified atom stereocenters. The standard InChI is InChI=1S/C44H62O11/c1-24-12-14-33-26(3)35(47-38-42(33)31(24)16-18-40(5,50-38)52-54-42)20-28-22-45-44(30-10-8-7-9-11-30)46-23-29(37(28)49-44)21-36-27(4)34-15-13-25(2)32-17-19-41(6)51-39(48-36)43(32,34)55-53-41/h7-11,24-29,31-39H,12-23H2,1-6H3/t24-,25-,26-,27-,28?,29?,31+,32+,33+,34+,35-,36-,37?,38-,39-,40?,41?,42-,43-,44?/m1/s1. The molecule has 1 aromatic rings. The molecule has 1 aromatic carbocycles. The molecule has 12 fully saturated rings. The zero-order chi connectivity index (χ0) is 37.5. The summed E-state index contributed by atoms with van der Waals surface area (Å²) in [6, 6.07) is 10.1. The monoisotopic (exact) mass is 766 g/mol. The quantitative estimate of drug-likeness (QED) is 0.275. The van der Waals surface area contributed by atoms with Crippen LogP contribution in [0.25, 0.3) is 0 Å². The third-order valence-electron chi connectivity index (χ3n) is 17.0. The fourth-order valence-corrected chi connectivity index (χ4v) is 13.9. The molecule has 10 heterocycles. The summed E-state index contributed by atoms with van der Waals surface area (Å²) in [5, 5.41) is 0. The van der Waals surface area contributed by atoms with Crippen LogP contribution in [0.5, 0.6) is 0 Å². The summed E-state index contributed by atoms with van der Waals surface area (Å²) < 4.78 is 48.3. The first-order valence-electron chi connectivity index (χ1n) is 21.9. The zero-order valence-corrected chi connectivity index (χ0v) is 33.5. The maximum atomic E-state index is 7.14. The van der Waals surface area contributed by atoms with E-state index in [1.807, 2.05) is 44.2 Å². The Morgan fingerprint density at radius 2 is 1.05 bits per heavy atom. The van der Waals surface area contributed by atoms with Crippen LogP contribution in [0.3, 0.4) is 0 Å². The number of ether oxygens (including phenoxy) is 7. The highest BCUT2D eigenvalue weighted by Crippen LogP contribution is 2.63. The maximum absolute atomic E-state index is 7.14. The largest absolute Gasteiger partial charge is 0.346 e. The molecule has 18 atom stereocenters. The minimum atomic E-state index is -1.24. The van der Waals surface area contributed by atoms with Crippen LogP contribution in [0.1, 0.15) is 111 Å². The topological polar surface area (TPSA) is 102 Å². The van der Waals surface area contributed by atoms with Crippen LogP contribution in [0, 0.1) is 59.2 Å². The van der Waals surface area contributed by atoms with E-state index in [0.717, 1.165) is 56.9 Å². The summed E-state index contributed by atoms with van der Waals surface area (Å²) in [5.41, 5.74) is -0.281. The highest BCUT2D eigenvalue weighted by Gasteiger charge is 2.71. The lowest BCUT2D eigenvalue weighted by molar-refractivity contribution is -0.572. The molecule has 11 heteroatoms. The Labute approximate surface area is 325 Å². The van der Waals surface area contributed by atoms with Crippen LogP contribution < -0.4 is 0 Å². The van der Waals surface area contributed by atoms with E-state index in [0.29, 0.717) is 36.9 Å². The van der Waals surface area contributed by atoms with Gasteiger partial charge in [0.15, 0.2) is 23.8 Å². The molecule has 10 aliphatic heterocycles. The van der Waals surface area contributed by atoms with Gasteiger partial charge in [-0.3, -0.25) is 0 Å². The van der Waals surface area contributed by atoms with E-state index in [9.17, 15) is 0 Å². The second-order valence-corrected chi connectivity index (χ2v) is 20.0. The summed E-state index contributed by atoms with van der Waals surface area (Å²) in [6.07, 6.45) is 8.57. The molecule has 0 amide bonds. The van der Waals surface area contributed by atoms with Gasteiger partial charge in [0.05, 0.1) is 31.5 Å². The Balaban J connectivity index is 0.885. The average molecular weight is 767 g/mol. The SMILES string of the molecule is C[C@H]1[C@@H](CC2COC3(c4ccccc4)OCC(C[C@H]4O[C@@H]5OC6(C)CC[C@H]7[C@H](C)CC[C@@H]([C@H]4C)[C@@]57OO6)C2O3)O[C@@H]2OC3(C)CC[C@H]4[C@H](C)CC[C@@H]1[C@@]24OO3. The minimum absolute atomic E-state index is 0.0511. The molecule has 304 valence electrons. The summed E-state index contributed by atoms with van der Waals surface area (Å²) >= 11 is 0. The molecule has 2 saturated carbocycles. The zero-order valence-electron chi connectivity index (χ0n) is 33.5. The van der Waals surface area contributed by atoms with Gasteiger partial charge in [-0.25, -0.2) is 19.6 Å². The van der Waals surface area contributed by atoms with Gasteiger partial charge in [-0.15, -0.1) is 0 Å². The van der Waals surface area contributed by atoms with Crippen molar-refractivity contribution in [3.8, 4) is 0 Å². The summed E-state index contributed by atoms with van der Waals surface area (Å²) in [4.78, 5) is 25.2. The van der Waals surface area contributed by atoms with Crippen molar-refractivity contribution >= 4 is 0 Å². The highest BCUT2D eigenvalue weighted by molar-refractivity contribution is 5.20. The van der Waals surface area contributed by atoms with E-state index in [1.54, 1.807) is 0 Å². The van der Waals surface area contributed by atoms with Gasteiger partial charge in [0.2, 0.25) is 11.6 Å². The molecule has 6 bridgehead atoms. The third-order valence-corrected chi connectivity index (χ3v) is 17.0.